The molecule has 1 fully saturated rings. The first-order chi connectivity index (χ1) is 13.6. The van der Waals surface area contributed by atoms with Gasteiger partial charge < -0.3 is 15.1 Å². The van der Waals surface area contributed by atoms with Gasteiger partial charge in [-0.25, -0.2) is 0 Å². The maximum absolute atomic E-state index is 5.02. The Balaban J connectivity index is 1.65. The second-order valence-electron chi connectivity index (χ2n) is 7.88. The van der Waals surface area contributed by atoms with E-state index in [-0.39, 0.29) is 0 Å². The molecule has 0 amide bonds. The summed E-state index contributed by atoms with van der Waals surface area (Å²) in [5.41, 5.74) is 2.69. The highest BCUT2D eigenvalue weighted by Crippen LogP contribution is 2.26. The van der Waals surface area contributed by atoms with Crippen LogP contribution in [0.3, 0.4) is 0 Å². The molecular formula is C22H34N6. The van der Waals surface area contributed by atoms with E-state index in [9.17, 15) is 0 Å². The van der Waals surface area contributed by atoms with E-state index in [1.54, 1.807) is 0 Å². The molecule has 1 aromatic carbocycles. The predicted molar refractivity (Wildman–Crippen MR) is 116 cm³/mol. The highest BCUT2D eigenvalue weighted by atomic mass is 15.3. The van der Waals surface area contributed by atoms with Crippen LogP contribution in [-0.2, 0) is 13.5 Å². The molecule has 152 valence electrons. The zero-order valence-electron chi connectivity index (χ0n) is 17.7. The quantitative estimate of drug-likeness (QED) is 0.590. The van der Waals surface area contributed by atoms with Crippen LogP contribution in [0.4, 0.5) is 0 Å². The van der Waals surface area contributed by atoms with E-state index in [0.29, 0.717) is 12.0 Å². The number of hydrogen-bond donors (Lipinski definition) is 1. The topological polar surface area (TPSA) is 48.7 Å². The smallest absolute Gasteiger partial charge is 0.193 e. The van der Waals surface area contributed by atoms with E-state index in [1.165, 1.54) is 11.1 Å². The fraction of sp³-hybridized carbons (Fsp3) is 0.545. The second-order valence-corrected chi connectivity index (χ2v) is 7.88. The van der Waals surface area contributed by atoms with Crippen molar-refractivity contribution in [2.24, 2.45) is 12.0 Å². The number of likely N-dealkylation sites (tertiary alicyclic amines) is 1. The average molecular weight is 383 g/mol. The van der Waals surface area contributed by atoms with Crippen molar-refractivity contribution in [2.45, 2.75) is 31.7 Å². The number of aromatic nitrogens is 2. The lowest BCUT2D eigenvalue weighted by Crippen LogP contribution is -2.41. The molecule has 0 radical (unpaired) electrons. The van der Waals surface area contributed by atoms with Gasteiger partial charge in [-0.3, -0.25) is 9.67 Å². The van der Waals surface area contributed by atoms with Crippen molar-refractivity contribution in [1.82, 2.24) is 24.9 Å². The van der Waals surface area contributed by atoms with Gasteiger partial charge in [-0.05, 0) is 45.0 Å². The van der Waals surface area contributed by atoms with Gasteiger partial charge in [-0.15, -0.1) is 0 Å². The Hall–Kier alpha value is -2.34. The summed E-state index contributed by atoms with van der Waals surface area (Å²) in [4.78, 5) is 9.69. The number of benzene rings is 1. The Labute approximate surface area is 169 Å². The van der Waals surface area contributed by atoms with Crippen LogP contribution in [0.1, 0.15) is 30.4 Å². The van der Waals surface area contributed by atoms with Gasteiger partial charge in [0.1, 0.15) is 0 Å². The van der Waals surface area contributed by atoms with Crippen molar-refractivity contribution < 1.29 is 0 Å². The number of hydrogen-bond acceptors (Lipinski definition) is 3. The molecule has 0 aliphatic carbocycles. The van der Waals surface area contributed by atoms with Crippen molar-refractivity contribution >= 4 is 5.96 Å². The van der Waals surface area contributed by atoms with Gasteiger partial charge in [0.25, 0.3) is 0 Å². The lowest BCUT2D eigenvalue weighted by Gasteiger charge is -2.26. The van der Waals surface area contributed by atoms with Crippen LogP contribution in [0.25, 0.3) is 0 Å². The van der Waals surface area contributed by atoms with Crippen molar-refractivity contribution in [3.63, 3.8) is 0 Å². The Kier molecular flexibility index (Phi) is 7.09. The maximum atomic E-state index is 5.02. The van der Waals surface area contributed by atoms with E-state index >= 15 is 0 Å². The third-order valence-corrected chi connectivity index (χ3v) is 5.52. The van der Waals surface area contributed by atoms with Gasteiger partial charge in [0.05, 0.1) is 12.7 Å². The molecule has 3 rings (SSSR count). The first kappa shape index (κ1) is 20.4. The van der Waals surface area contributed by atoms with E-state index in [2.05, 4.69) is 77.8 Å². The second kappa shape index (κ2) is 9.73. The lowest BCUT2D eigenvalue weighted by molar-refractivity contribution is 0.297. The SMILES string of the molecule is CCNC(=NCC(Cc1ccccc1)N(C)C)N1CCC(c2cnn(C)c2)C1. The summed E-state index contributed by atoms with van der Waals surface area (Å²) in [6.07, 6.45) is 6.30. The molecule has 6 nitrogen and oxygen atoms in total. The Morgan fingerprint density at radius 2 is 2.11 bits per heavy atom. The zero-order valence-corrected chi connectivity index (χ0v) is 17.7. The standard InChI is InChI=1S/C22H34N6/c1-5-23-22(28-12-11-19(17-28)20-14-25-27(4)16-20)24-15-21(26(2)3)13-18-9-7-6-8-10-18/h6-10,14,16,19,21H,5,11-13,15,17H2,1-4H3,(H,23,24). The van der Waals surface area contributed by atoms with Crippen molar-refractivity contribution in [3.8, 4) is 0 Å². The molecule has 2 heterocycles. The molecule has 2 atom stereocenters. The molecule has 2 aromatic rings. The molecule has 1 aromatic heterocycles. The third-order valence-electron chi connectivity index (χ3n) is 5.52. The fourth-order valence-electron chi connectivity index (χ4n) is 3.79. The number of guanidine groups is 1. The first-order valence-electron chi connectivity index (χ1n) is 10.3. The number of nitrogens with one attached hydrogen (secondary N) is 1. The number of aryl methyl sites for hydroxylation is 1. The lowest BCUT2D eigenvalue weighted by atomic mass is 10.0. The number of aliphatic imine (C=N–C) groups is 1. The Morgan fingerprint density at radius 3 is 2.75 bits per heavy atom. The van der Waals surface area contributed by atoms with Crippen LogP contribution < -0.4 is 5.32 Å². The van der Waals surface area contributed by atoms with E-state index in [4.69, 9.17) is 4.99 Å². The van der Waals surface area contributed by atoms with E-state index < -0.39 is 0 Å². The van der Waals surface area contributed by atoms with Crippen LogP contribution >= 0.6 is 0 Å². The van der Waals surface area contributed by atoms with Gasteiger partial charge in [-0.2, -0.15) is 5.10 Å². The van der Waals surface area contributed by atoms with E-state index in [0.717, 1.165) is 45.0 Å². The molecule has 1 aliphatic heterocycles. The number of likely N-dealkylation sites (N-methyl/N-ethyl adjacent to an activating group) is 1. The summed E-state index contributed by atoms with van der Waals surface area (Å²) in [6, 6.07) is 11.1. The summed E-state index contributed by atoms with van der Waals surface area (Å²) < 4.78 is 1.89. The summed E-state index contributed by atoms with van der Waals surface area (Å²) in [6.45, 7) is 5.85. The van der Waals surface area contributed by atoms with Gasteiger partial charge in [0, 0.05) is 44.8 Å². The van der Waals surface area contributed by atoms with E-state index in [1.807, 2.05) is 17.9 Å². The first-order valence-corrected chi connectivity index (χ1v) is 10.3. The molecule has 1 saturated heterocycles. The molecule has 0 bridgehead atoms. The number of rotatable bonds is 7. The minimum Gasteiger partial charge on any atom is -0.357 e. The summed E-state index contributed by atoms with van der Waals surface area (Å²) in [7, 11) is 6.27. The Bertz CT molecular complexity index is 751. The molecule has 2 unspecified atom stereocenters. The maximum Gasteiger partial charge on any atom is 0.193 e. The summed E-state index contributed by atoms with van der Waals surface area (Å²) >= 11 is 0. The molecule has 1 aliphatic rings. The largest absolute Gasteiger partial charge is 0.357 e. The molecule has 0 saturated carbocycles. The van der Waals surface area contributed by atoms with Crippen LogP contribution in [-0.4, -0.2) is 71.9 Å². The molecule has 6 heteroatoms. The fourth-order valence-corrected chi connectivity index (χ4v) is 3.79. The average Bonchev–Trinajstić information content (AvgIpc) is 3.33. The molecular weight excluding hydrogens is 348 g/mol. The molecule has 1 N–H and O–H groups in total. The van der Waals surface area contributed by atoms with Crippen LogP contribution in [0, 0.1) is 0 Å². The van der Waals surface area contributed by atoms with Gasteiger partial charge in [0.15, 0.2) is 5.96 Å². The monoisotopic (exact) mass is 382 g/mol. The predicted octanol–water partition coefficient (Wildman–Crippen LogP) is 2.35. The highest BCUT2D eigenvalue weighted by Gasteiger charge is 2.27. The van der Waals surface area contributed by atoms with Crippen molar-refractivity contribution in [2.75, 3.05) is 40.3 Å². The van der Waals surface area contributed by atoms with Gasteiger partial charge in [0.2, 0.25) is 0 Å². The molecule has 0 spiro atoms. The summed E-state index contributed by atoms with van der Waals surface area (Å²) in [5.74, 6) is 1.57. The van der Waals surface area contributed by atoms with Crippen molar-refractivity contribution in [1.29, 1.82) is 0 Å². The minimum atomic E-state index is 0.382. The van der Waals surface area contributed by atoms with Crippen LogP contribution in [0.15, 0.2) is 47.7 Å². The van der Waals surface area contributed by atoms with Gasteiger partial charge in [-0.1, -0.05) is 30.3 Å². The van der Waals surface area contributed by atoms with Gasteiger partial charge >= 0.3 is 0 Å². The third kappa shape index (κ3) is 5.35. The zero-order chi connectivity index (χ0) is 19.9. The normalized spacial score (nSPS) is 18.7. The highest BCUT2D eigenvalue weighted by molar-refractivity contribution is 5.80. The number of nitrogens with zero attached hydrogens (tertiary/aromatic N) is 5. The van der Waals surface area contributed by atoms with Crippen molar-refractivity contribution in [3.05, 3.63) is 53.9 Å². The van der Waals surface area contributed by atoms with Crippen LogP contribution in [0.5, 0.6) is 0 Å². The van der Waals surface area contributed by atoms with Crippen LogP contribution in [0.2, 0.25) is 0 Å². The summed E-state index contributed by atoms with van der Waals surface area (Å²) in [5, 5.41) is 7.83. The molecule has 28 heavy (non-hydrogen) atoms. The minimum absolute atomic E-state index is 0.382. The Morgan fingerprint density at radius 1 is 1.32 bits per heavy atom.